The van der Waals surface area contributed by atoms with E-state index in [1.54, 1.807) is 13.8 Å². The van der Waals surface area contributed by atoms with E-state index < -0.39 is 11.4 Å². The van der Waals surface area contributed by atoms with Gasteiger partial charge in [-0.3, -0.25) is 9.59 Å². The van der Waals surface area contributed by atoms with Gasteiger partial charge in [-0.05, 0) is 20.3 Å². The Balaban J connectivity index is 3.97. The molecule has 2 N–H and O–H groups in total. The highest BCUT2D eigenvalue weighted by atomic mass is 16.4. The van der Waals surface area contributed by atoms with Crippen molar-refractivity contribution in [1.82, 2.24) is 5.32 Å². The molecule has 0 aliphatic carbocycles. The van der Waals surface area contributed by atoms with Crippen LogP contribution in [0.25, 0.3) is 0 Å². The average Bonchev–Trinajstić information content (AvgIpc) is 1.99. The lowest BCUT2D eigenvalue weighted by Gasteiger charge is -2.17. The fraction of sp³-hybridized carbons (Fsp3) is 0.778. The molecular formula is C9H17NO3. The van der Waals surface area contributed by atoms with Gasteiger partial charge in [0.2, 0.25) is 5.91 Å². The van der Waals surface area contributed by atoms with Gasteiger partial charge < -0.3 is 10.4 Å². The van der Waals surface area contributed by atoms with Crippen molar-refractivity contribution < 1.29 is 14.7 Å². The Kier molecular flexibility index (Phi) is 4.45. The number of amides is 1. The molecule has 0 unspecified atom stereocenters. The van der Waals surface area contributed by atoms with Gasteiger partial charge in [-0.25, -0.2) is 0 Å². The molecule has 76 valence electrons. The summed E-state index contributed by atoms with van der Waals surface area (Å²) in [5, 5.41) is 11.4. The number of carbonyl (C=O) groups is 2. The van der Waals surface area contributed by atoms with E-state index in [-0.39, 0.29) is 12.3 Å². The number of hydrogen-bond acceptors (Lipinski definition) is 2. The molecule has 0 atom stereocenters. The number of rotatable bonds is 5. The molecule has 13 heavy (non-hydrogen) atoms. The average molecular weight is 187 g/mol. The third-order valence-corrected chi connectivity index (χ3v) is 1.75. The second-order valence-electron chi connectivity index (χ2n) is 3.72. The molecule has 4 heteroatoms. The van der Waals surface area contributed by atoms with Gasteiger partial charge in [0, 0.05) is 13.0 Å². The van der Waals surface area contributed by atoms with Crippen LogP contribution >= 0.6 is 0 Å². The molecular weight excluding hydrogens is 170 g/mol. The van der Waals surface area contributed by atoms with Crippen LogP contribution in [0.1, 0.15) is 33.6 Å². The van der Waals surface area contributed by atoms with Gasteiger partial charge in [-0.2, -0.15) is 0 Å². The van der Waals surface area contributed by atoms with Crippen LogP contribution in [-0.2, 0) is 9.59 Å². The van der Waals surface area contributed by atoms with Crippen LogP contribution in [0.3, 0.4) is 0 Å². The van der Waals surface area contributed by atoms with Crippen LogP contribution in [-0.4, -0.2) is 23.5 Å². The lowest BCUT2D eigenvalue weighted by Crippen LogP contribution is -2.33. The number of carbonyl (C=O) groups excluding carboxylic acids is 1. The maximum atomic E-state index is 11.1. The largest absolute Gasteiger partial charge is 0.481 e. The van der Waals surface area contributed by atoms with E-state index in [1.807, 2.05) is 6.92 Å². The van der Waals surface area contributed by atoms with E-state index in [0.717, 1.165) is 6.42 Å². The highest BCUT2D eigenvalue weighted by Gasteiger charge is 2.29. The van der Waals surface area contributed by atoms with Gasteiger partial charge in [0.15, 0.2) is 0 Å². The highest BCUT2D eigenvalue weighted by molar-refractivity contribution is 5.84. The van der Waals surface area contributed by atoms with Crippen molar-refractivity contribution in [2.24, 2.45) is 5.41 Å². The minimum absolute atomic E-state index is 0.0301. The summed E-state index contributed by atoms with van der Waals surface area (Å²) in [5.41, 5.74) is -0.974. The zero-order valence-corrected chi connectivity index (χ0v) is 8.39. The number of nitrogens with one attached hydrogen (secondary N) is 1. The van der Waals surface area contributed by atoms with Gasteiger partial charge in [-0.1, -0.05) is 6.92 Å². The number of carboxylic acids is 1. The van der Waals surface area contributed by atoms with Crippen molar-refractivity contribution in [2.45, 2.75) is 33.6 Å². The Morgan fingerprint density at radius 2 is 1.92 bits per heavy atom. The van der Waals surface area contributed by atoms with Crippen molar-refractivity contribution in [3.8, 4) is 0 Å². The van der Waals surface area contributed by atoms with Gasteiger partial charge >= 0.3 is 5.97 Å². The summed E-state index contributed by atoms with van der Waals surface area (Å²) in [7, 11) is 0. The molecule has 0 spiro atoms. The van der Waals surface area contributed by atoms with E-state index in [4.69, 9.17) is 5.11 Å². The molecule has 0 radical (unpaired) electrons. The molecule has 0 aromatic rings. The first-order valence-corrected chi connectivity index (χ1v) is 4.40. The van der Waals surface area contributed by atoms with Gasteiger partial charge in [0.25, 0.3) is 0 Å². The first-order chi connectivity index (χ1) is 5.90. The molecule has 0 heterocycles. The van der Waals surface area contributed by atoms with Gasteiger partial charge in [0.05, 0.1) is 5.41 Å². The summed E-state index contributed by atoms with van der Waals surface area (Å²) in [6.45, 7) is 5.64. The molecule has 0 saturated heterocycles. The summed E-state index contributed by atoms with van der Waals surface area (Å²) in [4.78, 5) is 21.8. The molecule has 0 fully saturated rings. The third kappa shape index (κ3) is 4.50. The van der Waals surface area contributed by atoms with Crippen LogP contribution < -0.4 is 5.32 Å². The van der Waals surface area contributed by atoms with Crippen molar-refractivity contribution in [2.75, 3.05) is 6.54 Å². The zero-order chi connectivity index (χ0) is 10.5. The Morgan fingerprint density at radius 1 is 1.38 bits per heavy atom. The maximum Gasteiger partial charge on any atom is 0.309 e. The van der Waals surface area contributed by atoms with E-state index in [2.05, 4.69) is 5.32 Å². The number of hydrogen-bond donors (Lipinski definition) is 2. The maximum absolute atomic E-state index is 11.1. The van der Waals surface area contributed by atoms with Crippen molar-refractivity contribution in [1.29, 1.82) is 0 Å². The normalized spacial score (nSPS) is 11.0. The quantitative estimate of drug-likeness (QED) is 0.675. The fourth-order valence-corrected chi connectivity index (χ4v) is 0.804. The Labute approximate surface area is 78.3 Å². The summed E-state index contributed by atoms with van der Waals surface area (Å²) >= 11 is 0. The summed E-state index contributed by atoms with van der Waals surface area (Å²) < 4.78 is 0. The summed E-state index contributed by atoms with van der Waals surface area (Å²) in [6.07, 6.45) is 0.890. The predicted octanol–water partition coefficient (Wildman–Crippen LogP) is 1.01. The zero-order valence-electron chi connectivity index (χ0n) is 8.39. The molecule has 0 saturated carbocycles. The second-order valence-corrected chi connectivity index (χ2v) is 3.72. The van der Waals surface area contributed by atoms with Crippen molar-refractivity contribution >= 4 is 11.9 Å². The Bertz CT molecular complexity index is 199. The van der Waals surface area contributed by atoms with E-state index in [1.165, 1.54) is 0 Å². The molecule has 0 aromatic carbocycles. The molecule has 0 aliphatic heterocycles. The van der Waals surface area contributed by atoms with Crippen LogP contribution in [0.5, 0.6) is 0 Å². The molecule has 0 aromatic heterocycles. The van der Waals surface area contributed by atoms with Crippen molar-refractivity contribution in [3.05, 3.63) is 0 Å². The summed E-state index contributed by atoms with van der Waals surface area (Å²) in [5.74, 6) is -1.15. The topological polar surface area (TPSA) is 66.4 Å². The third-order valence-electron chi connectivity index (χ3n) is 1.75. The monoisotopic (exact) mass is 187 g/mol. The van der Waals surface area contributed by atoms with Crippen LogP contribution in [0.15, 0.2) is 0 Å². The summed E-state index contributed by atoms with van der Waals surface area (Å²) in [6, 6.07) is 0. The van der Waals surface area contributed by atoms with Gasteiger partial charge in [-0.15, -0.1) is 0 Å². The van der Waals surface area contributed by atoms with E-state index in [0.29, 0.717) is 6.54 Å². The Morgan fingerprint density at radius 3 is 2.31 bits per heavy atom. The SMILES string of the molecule is CCCNC(=O)CC(C)(C)C(=O)O. The molecule has 0 bridgehead atoms. The minimum atomic E-state index is -0.974. The van der Waals surface area contributed by atoms with E-state index in [9.17, 15) is 9.59 Å². The highest BCUT2D eigenvalue weighted by Crippen LogP contribution is 2.19. The lowest BCUT2D eigenvalue weighted by atomic mass is 9.89. The molecule has 4 nitrogen and oxygen atoms in total. The predicted molar refractivity (Wildman–Crippen MR) is 49.3 cm³/mol. The minimum Gasteiger partial charge on any atom is -0.481 e. The second kappa shape index (κ2) is 4.84. The molecule has 1 amide bonds. The first-order valence-electron chi connectivity index (χ1n) is 4.40. The fourth-order valence-electron chi connectivity index (χ4n) is 0.804. The Hall–Kier alpha value is -1.06. The number of aliphatic carboxylic acids is 1. The van der Waals surface area contributed by atoms with Crippen LogP contribution in [0, 0.1) is 5.41 Å². The number of carboxylic acid groups (broad SMARTS) is 1. The smallest absolute Gasteiger partial charge is 0.309 e. The van der Waals surface area contributed by atoms with Gasteiger partial charge in [0.1, 0.15) is 0 Å². The standard InChI is InChI=1S/C9H17NO3/c1-4-5-10-7(11)6-9(2,3)8(12)13/h4-6H2,1-3H3,(H,10,11)(H,12,13). The van der Waals surface area contributed by atoms with E-state index >= 15 is 0 Å². The molecule has 0 rings (SSSR count). The van der Waals surface area contributed by atoms with Crippen LogP contribution in [0.2, 0.25) is 0 Å². The first kappa shape index (κ1) is 11.9. The van der Waals surface area contributed by atoms with Crippen LogP contribution in [0.4, 0.5) is 0 Å². The lowest BCUT2D eigenvalue weighted by molar-refractivity contribution is -0.149. The van der Waals surface area contributed by atoms with Crippen molar-refractivity contribution in [3.63, 3.8) is 0 Å². The molecule has 0 aliphatic rings.